The molecule has 0 saturated heterocycles. The fourth-order valence-corrected chi connectivity index (χ4v) is 4.74. The second kappa shape index (κ2) is 12.1. The van der Waals surface area contributed by atoms with E-state index in [0.717, 1.165) is 66.8 Å². The molecular weight excluding hydrogens is 441 g/mol. The molecule has 0 spiro atoms. The van der Waals surface area contributed by atoms with Gasteiger partial charge in [0, 0.05) is 35.5 Å². The number of carbonyl (C=O) groups is 2. The van der Waals surface area contributed by atoms with Crippen LogP contribution in [0, 0.1) is 5.82 Å². The van der Waals surface area contributed by atoms with E-state index < -0.39 is 0 Å². The Bertz CT molecular complexity index is 1110. The monoisotopic (exact) mass is 479 g/mol. The lowest BCUT2D eigenvalue weighted by Crippen LogP contribution is -2.36. The molecule has 188 valence electrons. The number of fused-ring (bicyclic) bond motifs is 1. The highest BCUT2D eigenvalue weighted by Gasteiger charge is 2.28. The van der Waals surface area contributed by atoms with Gasteiger partial charge in [-0.25, -0.2) is 4.39 Å². The Kier molecular flexibility index (Phi) is 9.21. The summed E-state index contributed by atoms with van der Waals surface area (Å²) in [6.07, 6.45) is 7.02. The Labute approximate surface area is 208 Å². The predicted octanol–water partition coefficient (Wildman–Crippen LogP) is 5.77. The second-order valence-electron chi connectivity index (χ2n) is 9.31. The van der Waals surface area contributed by atoms with E-state index in [1.165, 1.54) is 12.1 Å². The maximum Gasteiger partial charge on any atom is 0.256 e. The Balaban J connectivity index is 2.04. The molecule has 1 aliphatic heterocycles. The molecule has 0 radical (unpaired) electrons. The summed E-state index contributed by atoms with van der Waals surface area (Å²) in [5.74, 6) is -0.681. The zero-order valence-electron chi connectivity index (χ0n) is 21.7. The molecule has 0 fully saturated rings. The highest BCUT2D eigenvalue weighted by atomic mass is 19.1. The van der Waals surface area contributed by atoms with Gasteiger partial charge in [0.1, 0.15) is 5.82 Å². The van der Waals surface area contributed by atoms with Gasteiger partial charge in [-0.2, -0.15) is 0 Å². The smallest absolute Gasteiger partial charge is 0.256 e. The molecule has 2 N–H and O–H groups in total. The average Bonchev–Trinajstić information content (AvgIpc) is 3.05. The van der Waals surface area contributed by atoms with Crippen LogP contribution in [0.2, 0.25) is 0 Å². The molecule has 1 aromatic rings. The van der Waals surface area contributed by atoms with E-state index in [2.05, 4.69) is 42.4 Å². The predicted molar refractivity (Wildman–Crippen MR) is 141 cm³/mol. The van der Waals surface area contributed by atoms with Crippen molar-refractivity contribution in [3.05, 3.63) is 69.6 Å². The average molecular weight is 480 g/mol. The standard InChI is InChI=1S/C29H38FN3O2/c1-6-19(4)16-23-21(17-25-24-18-22(30)12-13-26(24)32-28(25)34)11-9-10-20(5)27(23)29(35)31-14-15-33(7-2)8-3/h6,12-13,17-18H,7-11,14-16H2,1-5H3,(H,31,35)(H,32,34). The van der Waals surface area contributed by atoms with Gasteiger partial charge in [-0.3, -0.25) is 9.59 Å². The van der Waals surface area contributed by atoms with Crippen molar-refractivity contribution in [2.75, 3.05) is 31.5 Å². The lowest BCUT2D eigenvalue weighted by atomic mass is 9.89. The molecule has 1 heterocycles. The molecule has 2 amide bonds. The van der Waals surface area contributed by atoms with Gasteiger partial charge in [0.25, 0.3) is 11.8 Å². The molecule has 0 atom stereocenters. The number of halogens is 1. The van der Waals surface area contributed by atoms with Crippen molar-refractivity contribution in [2.24, 2.45) is 0 Å². The van der Waals surface area contributed by atoms with Gasteiger partial charge in [0.05, 0.1) is 0 Å². The van der Waals surface area contributed by atoms with Crippen LogP contribution in [0.25, 0.3) is 5.57 Å². The summed E-state index contributed by atoms with van der Waals surface area (Å²) < 4.78 is 14.0. The number of amides is 2. The van der Waals surface area contributed by atoms with E-state index in [-0.39, 0.29) is 17.6 Å². The second-order valence-corrected chi connectivity index (χ2v) is 9.31. The van der Waals surface area contributed by atoms with Gasteiger partial charge in [-0.15, -0.1) is 0 Å². The number of hydrogen-bond donors (Lipinski definition) is 2. The van der Waals surface area contributed by atoms with Gasteiger partial charge in [-0.05, 0) is 95.0 Å². The normalized spacial score (nSPS) is 17.7. The molecule has 1 aliphatic carbocycles. The van der Waals surface area contributed by atoms with Gasteiger partial charge < -0.3 is 15.5 Å². The van der Waals surface area contributed by atoms with E-state index in [4.69, 9.17) is 0 Å². The van der Waals surface area contributed by atoms with Crippen LogP contribution in [0.4, 0.5) is 10.1 Å². The number of nitrogens with zero attached hydrogens (tertiary/aromatic N) is 1. The first-order chi connectivity index (χ1) is 16.8. The number of benzene rings is 1. The van der Waals surface area contributed by atoms with Crippen molar-refractivity contribution in [1.29, 1.82) is 0 Å². The Morgan fingerprint density at radius 2 is 1.97 bits per heavy atom. The number of hydrogen-bond acceptors (Lipinski definition) is 3. The summed E-state index contributed by atoms with van der Waals surface area (Å²) in [7, 11) is 0. The Morgan fingerprint density at radius 3 is 2.66 bits per heavy atom. The third-order valence-electron chi connectivity index (χ3n) is 6.98. The van der Waals surface area contributed by atoms with Crippen molar-refractivity contribution >= 4 is 23.1 Å². The molecule has 35 heavy (non-hydrogen) atoms. The van der Waals surface area contributed by atoms with E-state index in [1.54, 1.807) is 6.07 Å². The number of anilines is 1. The zero-order valence-corrected chi connectivity index (χ0v) is 21.7. The first-order valence-electron chi connectivity index (χ1n) is 12.7. The fraction of sp³-hybridized carbons (Fsp3) is 0.448. The van der Waals surface area contributed by atoms with Gasteiger partial charge >= 0.3 is 0 Å². The number of allylic oxidation sites excluding steroid dienone is 5. The van der Waals surface area contributed by atoms with E-state index in [0.29, 0.717) is 29.8 Å². The molecule has 0 aromatic heterocycles. The minimum absolute atomic E-state index is 0.0614. The zero-order chi connectivity index (χ0) is 25.5. The van der Waals surface area contributed by atoms with Crippen LogP contribution in [0.1, 0.15) is 65.9 Å². The maximum atomic E-state index is 14.0. The highest BCUT2D eigenvalue weighted by molar-refractivity contribution is 6.31. The van der Waals surface area contributed by atoms with Crippen LogP contribution in [-0.4, -0.2) is 42.9 Å². The van der Waals surface area contributed by atoms with E-state index >= 15 is 0 Å². The van der Waals surface area contributed by atoms with E-state index in [9.17, 15) is 14.0 Å². The summed E-state index contributed by atoms with van der Waals surface area (Å²) in [6.45, 7) is 13.6. The van der Waals surface area contributed by atoms with Gasteiger partial charge in [0.15, 0.2) is 0 Å². The minimum atomic E-state index is -0.380. The lowest BCUT2D eigenvalue weighted by molar-refractivity contribution is -0.117. The summed E-state index contributed by atoms with van der Waals surface area (Å²) in [5.41, 5.74) is 6.52. The van der Waals surface area contributed by atoms with Crippen molar-refractivity contribution in [2.45, 2.75) is 60.3 Å². The molecule has 0 unspecified atom stereocenters. The molecule has 6 heteroatoms. The fourth-order valence-electron chi connectivity index (χ4n) is 4.74. The van der Waals surface area contributed by atoms with E-state index in [1.807, 2.05) is 19.9 Å². The number of rotatable bonds is 9. The highest BCUT2D eigenvalue weighted by Crippen LogP contribution is 2.38. The first kappa shape index (κ1) is 26.6. The van der Waals surface area contributed by atoms with Crippen LogP contribution >= 0.6 is 0 Å². The molecule has 1 aromatic carbocycles. The SMILES string of the molecule is CC=C(C)CC1=C(C=C2C(=O)Nc3ccc(F)cc32)CCCC(C)=C1C(=O)NCCN(CC)CC. The molecule has 0 bridgehead atoms. The van der Waals surface area contributed by atoms with Crippen molar-refractivity contribution < 1.29 is 14.0 Å². The Morgan fingerprint density at radius 1 is 1.23 bits per heavy atom. The van der Waals surface area contributed by atoms with Crippen LogP contribution in [-0.2, 0) is 9.59 Å². The number of likely N-dealkylation sites (N-methyl/N-ethyl adjacent to an activating group) is 1. The van der Waals surface area contributed by atoms with Gasteiger partial charge in [-0.1, -0.05) is 31.1 Å². The quantitative estimate of drug-likeness (QED) is 0.349. The number of carbonyl (C=O) groups excluding carboxylic acids is 2. The molecule has 5 nitrogen and oxygen atoms in total. The topological polar surface area (TPSA) is 61.4 Å². The molecule has 0 saturated carbocycles. The first-order valence-corrected chi connectivity index (χ1v) is 12.7. The van der Waals surface area contributed by atoms with Crippen LogP contribution in [0.15, 0.2) is 58.2 Å². The summed E-state index contributed by atoms with van der Waals surface area (Å²) >= 11 is 0. The number of nitrogens with one attached hydrogen (secondary N) is 2. The summed E-state index contributed by atoms with van der Waals surface area (Å²) in [4.78, 5) is 28.6. The molecule has 3 rings (SSSR count). The van der Waals surface area contributed by atoms with Crippen molar-refractivity contribution in [1.82, 2.24) is 10.2 Å². The maximum absolute atomic E-state index is 14.0. The van der Waals surface area contributed by atoms with Crippen molar-refractivity contribution in [3.63, 3.8) is 0 Å². The minimum Gasteiger partial charge on any atom is -0.351 e. The van der Waals surface area contributed by atoms with Crippen LogP contribution in [0.3, 0.4) is 0 Å². The third-order valence-corrected chi connectivity index (χ3v) is 6.98. The molecule has 2 aliphatic rings. The van der Waals surface area contributed by atoms with Crippen LogP contribution in [0.5, 0.6) is 0 Å². The van der Waals surface area contributed by atoms with Gasteiger partial charge in [0.2, 0.25) is 0 Å². The van der Waals surface area contributed by atoms with Crippen molar-refractivity contribution in [3.8, 4) is 0 Å². The summed E-state index contributed by atoms with van der Waals surface area (Å²) in [5, 5.41) is 5.97. The third kappa shape index (κ3) is 6.37. The largest absolute Gasteiger partial charge is 0.351 e. The molecular formula is C29H38FN3O2. The van der Waals surface area contributed by atoms with Crippen LogP contribution < -0.4 is 10.6 Å². The Hall–Kier alpha value is -2.99. The summed E-state index contributed by atoms with van der Waals surface area (Å²) in [6, 6.07) is 4.34. The lowest BCUT2D eigenvalue weighted by Gasteiger charge is -2.20.